The summed E-state index contributed by atoms with van der Waals surface area (Å²) in [5.74, 6) is -1.24. The topological polar surface area (TPSA) is 66.9 Å². The molecule has 1 aromatic rings. The maximum atomic E-state index is 13.5. The molecule has 0 radical (unpaired) electrons. The molecule has 4 rings (SSSR count). The van der Waals surface area contributed by atoms with Crippen LogP contribution in [0.2, 0.25) is 0 Å². The minimum Gasteiger partial charge on any atom is -0.468 e. The third-order valence-electron chi connectivity index (χ3n) is 7.87. The van der Waals surface area contributed by atoms with E-state index in [9.17, 15) is 18.8 Å². The lowest BCUT2D eigenvalue weighted by atomic mass is 9.69. The number of amides is 1. The number of hydrogen-bond acceptors (Lipinski definition) is 5. The minimum absolute atomic E-state index is 0.0262. The van der Waals surface area contributed by atoms with Crippen molar-refractivity contribution in [3.8, 4) is 0 Å². The van der Waals surface area contributed by atoms with E-state index in [1.807, 2.05) is 18.7 Å². The highest BCUT2D eigenvalue weighted by molar-refractivity contribution is 6.08. The van der Waals surface area contributed by atoms with Crippen molar-refractivity contribution in [3.63, 3.8) is 0 Å². The fourth-order valence-corrected chi connectivity index (χ4v) is 6.27. The van der Waals surface area contributed by atoms with Gasteiger partial charge in [-0.25, -0.2) is 4.39 Å². The normalized spacial score (nSPS) is 32.8. The summed E-state index contributed by atoms with van der Waals surface area (Å²) in [6, 6.07) is 6.10. The number of Topliss-reactive ketones (excluding diaryl/α,β-unsaturated/α-hetero) is 1. The van der Waals surface area contributed by atoms with Crippen LogP contribution in [0.15, 0.2) is 24.3 Å². The maximum absolute atomic E-state index is 13.5. The van der Waals surface area contributed by atoms with Crippen LogP contribution in [0.25, 0.3) is 0 Å². The van der Waals surface area contributed by atoms with Crippen LogP contribution >= 0.6 is 0 Å². The number of ketones is 1. The van der Waals surface area contributed by atoms with E-state index in [-0.39, 0.29) is 48.5 Å². The first-order chi connectivity index (χ1) is 15.3. The molecule has 0 N–H and O–H groups in total. The lowest BCUT2D eigenvalue weighted by Crippen LogP contribution is -2.62. The minimum atomic E-state index is -1.49. The van der Waals surface area contributed by atoms with Gasteiger partial charge in [0.15, 0.2) is 11.2 Å². The zero-order valence-corrected chi connectivity index (χ0v) is 19.2. The Hall–Kier alpha value is -2.28. The summed E-state index contributed by atoms with van der Waals surface area (Å²) in [4.78, 5) is 44.3. The van der Waals surface area contributed by atoms with Gasteiger partial charge in [0.2, 0.25) is 5.91 Å². The van der Waals surface area contributed by atoms with E-state index in [0.29, 0.717) is 13.0 Å². The van der Waals surface area contributed by atoms with Crippen LogP contribution in [0.1, 0.15) is 64.4 Å². The van der Waals surface area contributed by atoms with Crippen LogP contribution in [0.5, 0.6) is 0 Å². The van der Waals surface area contributed by atoms with Gasteiger partial charge in [-0.3, -0.25) is 19.3 Å². The van der Waals surface area contributed by atoms with Crippen molar-refractivity contribution in [1.82, 2.24) is 9.80 Å². The molecule has 3 saturated heterocycles. The van der Waals surface area contributed by atoms with Crippen molar-refractivity contribution in [2.45, 2.75) is 89.5 Å². The number of nitrogens with zero attached hydrogens (tertiary/aromatic N) is 2. The number of benzene rings is 1. The van der Waals surface area contributed by atoms with Gasteiger partial charge in [-0.2, -0.15) is 0 Å². The lowest BCUT2D eigenvalue weighted by Gasteiger charge is -2.47. The smallest absolute Gasteiger partial charge is 0.321 e. The molecule has 1 amide bonds. The Labute approximate surface area is 189 Å². The number of ether oxygens (including phenoxy) is 1. The van der Waals surface area contributed by atoms with Crippen molar-refractivity contribution >= 4 is 17.7 Å². The van der Waals surface area contributed by atoms with Crippen molar-refractivity contribution in [2.24, 2.45) is 5.41 Å². The molecular formula is C25H33FN2O4. The van der Waals surface area contributed by atoms with Gasteiger partial charge >= 0.3 is 5.97 Å². The molecule has 6 nitrogen and oxygen atoms in total. The number of piperidine rings is 2. The van der Waals surface area contributed by atoms with Gasteiger partial charge in [0.25, 0.3) is 0 Å². The number of rotatable bonds is 5. The third-order valence-corrected chi connectivity index (χ3v) is 7.87. The highest BCUT2D eigenvalue weighted by Crippen LogP contribution is 2.48. The van der Waals surface area contributed by atoms with Gasteiger partial charge < -0.3 is 9.64 Å². The average molecular weight is 445 g/mol. The molecule has 0 unspecified atom stereocenters. The third kappa shape index (κ3) is 3.85. The molecule has 0 aliphatic carbocycles. The predicted octanol–water partition coefficient (Wildman–Crippen LogP) is 3.47. The molecule has 7 heteroatoms. The fraction of sp³-hybridized carbons (Fsp3) is 0.640. The second kappa shape index (κ2) is 8.93. The molecule has 3 aliphatic rings. The first-order valence-electron chi connectivity index (χ1n) is 11.7. The Morgan fingerprint density at radius 1 is 1.09 bits per heavy atom. The number of hydrogen-bond donors (Lipinski definition) is 0. The Morgan fingerprint density at radius 2 is 1.75 bits per heavy atom. The molecule has 174 valence electrons. The van der Waals surface area contributed by atoms with E-state index in [1.54, 1.807) is 12.1 Å². The van der Waals surface area contributed by atoms with Crippen LogP contribution in [0.3, 0.4) is 0 Å². The Balaban J connectivity index is 1.66. The van der Waals surface area contributed by atoms with Gasteiger partial charge in [-0.05, 0) is 63.6 Å². The van der Waals surface area contributed by atoms with E-state index in [2.05, 4.69) is 4.90 Å². The quantitative estimate of drug-likeness (QED) is 0.514. The van der Waals surface area contributed by atoms with Crippen LogP contribution in [-0.2, 0) is 25.7 Å². The van der Waals surface area contributed by atoms with Crippen LogP contribution < -0.4 is 0 Å². The summed E-state index contributed by atoms with van der Waals surface area (Å²) in [5.41, 5.74) is -0.573. The van der Waals surface area contributed by atoms with Crippen LogP contribution in [-0.4, -0.2) is 58.7 Å². The molecule has 32 heavy (non-hydrogen) atoms. The number of methoxy groups -OCH3 is 1. The average Bonchev–Trinajstić information content (AvgIpc) is 3.07. The van der Waals surface area contributed by atoms with Gasteiger partial charge in [0.1, 0.15) is 5.82 Å². The van der Waals surface area contributed by atoms with E-state index < -0.39 is 17.4 Å². The van der Waals surface area contributed by atoms with Crippen molar-refractivity contribution < 1.29 is 23.5 Å². The molecular weight excluding hydrogens is 411 g/mol. The predicted molar refractivity (Wildman–Crippen MR) is 117 cm³/mol. The lowest BCUT2D eigenvalue weighted by molar-refractivity contribution is -0.172. The van der Waals surface area contributed by atoms with Gasteiger partial charge in [0.05, 0.1) is 13.5 Å². The molecule has 5 atom stereocenters. The monoisotopic (exact) mass is 444 g/mol. The summed E-state index contributed by atoms with van der Waals surface area (Å²) in [6.45, 7) is 4.58. The summed E-state index contributed by atoms with van der Waals surface area (Å²) in [5, 5.41) is 0. The van der Waals surface area contributed by atoms with Crippen molar-refractivity contribution in [3.05, 3.63) is 35.6 Å². The summed E-state index contributed by atoms with van der Waals surface area (Å²) in [6.07, 6.45) is 4.46. The molecule has 3 heterocycles. The van der Waals surface area contributed by atoms with Gasteiger partial charge in [0, 0.05) is 37.1 Å². The first kappa shape index (κ1) is 22.9. The highest BCUT2D eigenvalue weighted by atomic mass is 19.1. The summed E-state index contributed by atoms with van der Waals surface area (Å²) < 4.78 is 18.5. The van der Waals surface area contributed by atoms with Crippen molar-refractivity contribution in [2.75, 3.05) is 7.11 Å². The molecule has 3 aliphatic heterocycles. The zero-order chi connectivity index (χ0) is 23.0. The largest absolute Gasteiger partial charge is 0.468 e. The molecule has 0 aromatic heterocycles. The number of likely N-dealkylation sites (tertiary alicyclic amines) is 1. The molecule has 2 bridgehead atoms. The molecule has 0 saturated carbocycles. The second-order valence-corrected chi connectivity index (χ2v) is 9.74. The SMILES string of the molecule is COC(=O)[C@@]1(CC(=O)N2[C@H](C)CCC[C@@H]2C)C(=O)C[C@H]2CC[C@H]1N2Cc1ccc(F)cc1. The second-order valence-electron chi connectivity index (χ2n) is 9.74. The Kier molecular flexibility index (Phi) is 6.39. The van der Waals surface area contributed by atoms with Crippen LogP contribution in [0.4, 0.5) is 4.39 Å². The standard InChI is InChI=1S/C25H33FN2O4/c1-16-5-4-6-17(2)28(16)23(30)14-25(24(31)32-3)21-12-11-20(13-22(25)29)27(21)15-18-7-9-19(26)10-8-18/h7-10,16-17,20-21H,4-6,11-15H2,1-3H3/t16-,17+,20-,21-,25-/m1/s1. The first-order valence-corrected chi connectivity index (χ1v) is 11.7. The van der Waals surface area contributed by atoms with Crippen LogP contribution in [0, 0.1) is 11.2 Å². The van der Waals surface area contributed by atoms with E-state index in [4.69, 9.17) is 4.74 Å². The summed E-state index contributed by atoms with van der Waals surface area (Å²) >= 11 is 0. The number of carbonyl (C=O) groups is 3. The van der Waals surface area contributed by atoms with E-state index >= 15 is 0 Å². The highest BCUT2D eigenvalue weighted by Gasteiger charge is 2.62. The van der Waals surface area contributed by atoms with E-state index in [0.717, 1.165) is 31.2 Å². The maximum Gasteiger partial charge on any atom is 0.321 e. The van der Waals surface area contributed by atoms with E-state index in [1.165, 1.54) is 19.2 Å². The molecule has 1 aromatic carbocycles. The Bertz CT molecular complexity index is 878. The fourth-order valence-electron chi connectivity index (χ4n) is 6.27. The molecule has 3 fully saturated rings. The molecule has 0 spiro atoms. The Morgan fingerprint density at radius 3 is 2.38 bits per heavy atom. The number of fused-ring (bicyclic) bond motifs is 2. The zero-order valence-electron chi connectivity index (χ0n) is 19.2. The van der Waals surface area contributed by atoms with Crippen molar-refractivity contribution in [1.29, 1.82) is 0 Å². The van der Waals surface area contributed by atoms with Gasteiger partial charge in [-0.15, -0.1) is 0 Å². The van der Waals surface area contributed by atoms with Gasteiger partial charge in [-0.1, -0.05) is 12.1 Å². The number of esters is 1. The summed E-state index contributed by atoms with van der Waals surface area (Å²) in [7, 11) is 1.29. The number of carbonyl (C=O) groups excluding carboxylic acids is 3. The number of halogens is 1.